The van der Waals surface area contributed by atoms with Gasteiger partial charge >= 0.3 is 0 Å². The molecule has 1 aliphatic rings. The van der Waals surface area contributed by atoms with E-state index in [1.165, 1.54) is 24.9 Å². The molecule has 17 heavy (non-hydrogen) atoms. The Morgan fingerprint density at radius 1 is 1.47 bits per heavy atom. The topological polar surface area (TPSA) is 28.2 Å². The lowest BCUT2D eigenvalue weighted by Gasteiger charge is -2.24. The molecule has 3 heteroatoms. The highest BCUT2D eigenvalue weighted by Gasteiger charge is 2.26. The van der Waals surface area contributed by atoms with Gasteiger partial charge in [0, 0.05) is 24.3 Å². The summed E-state index contributed by atoms with van der Waals surface area (Å²) in [4.78, 5) is 7.04. The number of hydrogen-bond donors (Lipinski definition) is 1. The van der Waals surface area contributed by atoms with Crippen molar-refractivity contribution < 1.29 is 0 Å². The van der Waals surface area contributed by atoms with Crippen LogP contribution in [0.2, 0.25) is 0 Å². The summed E-state index contributed by atoms with van der Waals surface area (Å²) in [6, 6.07) is 4.84. The lowest BCUT2D eigenvalue weighted by molar-refractivity contribution is 0.272. The van der Waals surface area contributed by atoms with E-state index in [9.17, 15) is 0 Å². The molecule has 0 unspecified atom stereocenters. The number of nitrogens with one attached hydrogen (secondary N) is 1. The molecule has 1 aromatic rings. The van der Waals surface area contributed by atoms with E-state index in [4.69, 9.17) is 0 Å². The minimum Gasteiger partial charge on any atom is -0.370 e. The number of nitrogens with zero attached hydrogens (tertiary/aromatic N) is 2. The Morgan fingerprint density at radius 2 is 2.35 bits per heavy atom. The maximum Gasteiger partial charge on any atom is 0.130 e. The van der Waals surface area contributed by atoms with Gasteiger partial charge in [0.05, 0.1) is 0 Å². The molecule has 0 spiro atoms. The van der Waals surface area contributed by atoms with Crippen molar-refractivity contribution in [2.45, 2.75) is 39.2 Å². The Labute approximate surface area is 104 Å². The SMILES string of the molecule is CCCNc1ncccc1[C@H]1CCCN1CC. The first kappa shape index (κ1) is 12.4. The van der Waals surface area contributed by atoms with E-state index in [2.05, 4.69) is 41.2 Å². The zero-order valence-electron chi connectivity index (χ0n) is 10.9. The quantitative estimate of drug-likeness (QED) is 0.847. The summed E-state index contributed by atoms with van der Waals surface area (Å²) in [5.74, 6) is 1.08. The van der Waals surface area contributed by atoms with Gasteiger partial charge in [-0.1, -0.05) is 19.9 Å². The standard InChI is InChI=1S/C14H23N3/c1-3-9-15-14-12(7-5-10-16-14)13-8-6-11-17(13)4-2/h5,7,10,13H,3-4,6,8-9,11H2,1-2H3,(H,15,16)/t13-/m1/s1. The minimum absolute atomic E-state index is 0.563. The third-order valence-corrected chi connectivity index (χ3v) is 3.51. The molecule has 0 aliphatic carbocycles. The second kappa shape index (κ2) is 6.01. The van der Waals surface area contributed by atoms with Crippen LogP contribution in [0.3, 0.4) is 0 Å². The van der Waals surface area contributed by atoms with Crippen molar-refractivity contribution in [3.05, 3.63) is 23.9 Å². The first-order valence-corrected chi connectivity index (χ1v) is 6.79. The van der Waals surface area contributed by atoms with Crippen LogP contribution in [0, 0.1) is 0 Å². The van der Waals surface area contributed by atoms with Crippen molar-refractivity contribution in [3.8, 4) is 0 Å². The van der Waals surface area contributed by atoms with E-state index >= 15 is 0 Å². The normalized spacial score (nSPS) is 20.7. The van der Waals surface area contributed by atoms with Crippen molar-refractivity contribution in [1.82, 2.24) is 9.88 Å². The lowest BCUT2D eigenvalue weighted by Crippen LogP contribution is -2.23. The predicted molar refractivity (Wildman–Crippen MR) is 72.2 cm³/mol. The molecule has 0 aromatic carbocycles. The Kier molecular flexibility index (Phi) is 4.37. The van der Waals surface area contributed by atoms with Crippen LogP contribution >= 0.6 is 0 Å². The van der Waals surface area contributed by atoms with Gasteiger partial charge in [0.25, 0.3) is 0 Å². The molecule has 0 radical (unpaired) electrons. The first-order chi connectivity index (χ1) is 8.36. The molecule has 0 saturated carbocycles. The fourth-order valence-electron chi connectivity index (χ4n) is 2.63. The van der Waals surface area contributed by atoms with Crippen molar-refractivity contribution >= 4 is 5.82 Å². The number of anilines is 1. The van der Waals surface area contributed by atoms with Crippen molar-refractivity contribution in [2.24, 2.45) is 0 Å². The first-order valence-electron chi connectivity index (χ1n) is 6.79. The van der Waals surface area contributed by atoms with Crippen LogP contribution in [0.5, 0.6) is 0 Å². The summed E-state index contributed by atoms with van der Waals surface area (Å²) in [6.45, 7) is 7.79. The van der Waals surface area contributed by atoms with Gasteiger partial charge in [-0.2, -0.15) is 0 Å². The zero-order valence-corrected chi connectivity index (χ0v) is 10.9. The Balaban J connectivity index is 2.18. The average Bonchev–Trinajstić information content (AvgIpc) is 2.84. The third kappa shape index (κ3) is 2.78. The smallest absolute Gasteiger partial charge is 0.130 e. The van der Waals surface area contributed by atoms with Gasteiger partial charge in [0.1, 0.15) is 5.82 Å². The van der Waals surface area contributed by atoms with Crippen molar-refractivity contribution in [2.75, 3.05) is 25.0 Å². The van der Waals surface area contributed by atoms with Gasteiger partial charge < -0.3 is 5.32 Å². The zero-order chi connectivity index (χ0) is 12.1. The molecule has 1 saturated heterocycles. The molecule has 1 aliphatic heterocycles. The highest BCUT2D eigenvalue weighted by atomic mass is 15.2. The molecule has 94 valence electrons. The summed E-state index contributed by atoms with van der Waals surface area (Å²) < 4.78 is 0. The van der Waals surface area contributed by atoms with E-state index in [-0.39, 0.29) is 0 Å². The second-order valence-electron chi connectivity index (χ2n) is 4.65. The van der Waals surface area contributed by atoms with Crippen LogP contribution in [-0.2, 0) is 0 Å². The van der Waals surface area contributed by atoms with E-state index in [0.717, 1.165) is 25.3 Å². The summed E-state index contributed by atoms with van der Waals surface area (Å²) in [5, 5.41) is 3.45. The molecule has 1 N–H and O–H groups in total. The monoisotopic (exact) mass is 233 g/mol. The van der Waals surface area contributed by atoms with Gasteiger partial charge in [0.2, 0.25) is 0 Å². The van der Waals surface area contributed by atoms with Crippen LogP contribution in [0.4, 0.5) is 5.82 Å². The fourth-order valence-corrected chi connectivity index (χ4v) is 2.63. The van der Waals surface area contributed by atoms with E-state index in [1.807, 2.05) is 6.20 Å². The van der Waals surface area contributed by atoms with E-state index in [1.54, 1.807) is 0 Å². The molecule has 2 rings (SSSR count). The summed E-state index contributed by atoms with van der Waals surface area (Å²) >= 11 is 0. The Bertz CT molecular complexity index is 351. The van der Waals surface area contributed by atoms with E-state index in [0.29, 0.717) is 6.04 Å². The largest absolute Gasteiger partial charge is 0.370 e. The number of pyridine rings is 1. The van der Waals surface area contributed by atoms with Crippen LogP contribution < -0.4 is 5.32 Å². The van der Waals surface area contributed by atoms with Crippen LogP contribution in [0.25, 0.3) is 0 Å². The minimum atomic E-state index is 0.563. The van der Waals surface area contributed by atoms with Crippen LogP contribution in [0.1, 0.15) is 44.7 Å². The number of likely N-dealkylation sites (tertiary alicyclic amines) is 1. The molecule has 0 amide bonds. The molecule has 1 fully saturated rings. The Morgan fingerprint density at radius 3 is 3.12 bits per heavy atom. The van der Waals surface area contributed by atoms with Gasteiger partial charge in [0.15, 0.2) is 0 Å². The van der Waals surface area contributed by atoms with Gasteiger partial charge in [-0.25, -0.2) is 4.98 Å². The summed E-state index contributed by atoms with van der Waals surface area (Å²) in [5.41, 5.74) is 1.38. The maximum absolute atomic E-state index is 4.49. The Hall–Kier alpha value is -1.09. The average molecular weight is 233 g/mol. The van der Waals surface area contributed by atoms with Gasteiger partial charge in [-0.15, -0.1) is 0 Å². The number of aromatic nitrogens is 1. The number of hydrogen-bond acceptors (Lipinski definition) is 3. The molecule has 1 aromatic heterocycles. The van der Waals surface area contributed by atoms with Crippen molar-refractivity contribution in [3.63, 3.8) is 0 Å². The van der Waals surface area contributed by atoms with Crippen LogP contribution in [0.15, 0.2) is 18.3 Å². The van der Waals surface area contributed by atoms with Gasteiger partial charge in [-0.3, -0.25) is 4.90 Å². The van der Waals surface area contributed by atoms with Crippen LogP contribution in [-0.4, -0.2) is 29.5 Å². The highest BCUT2D eigenvalue weighted by Crippen LogP contribution is 2.34. The molecule has 0 bridgehead atoms. The molecule has 2 heterocycles. The second-order valence-corrected chi connectivity index (χ2v) is 4.65. The molecular weight excluding hydrogens is 210 g/mol. The summed E-state index contributed by atoms with van der Waals surface area (Å²) in [7, 11) is 0. The fraction of sp³-hybridized carbons (Fsp3) is 0.643. The third-order valence-electron chi connectivity index (χ3n) is 3.51. The number of rotatable bonds is 5. The van der Waals surface area contributed by atoms with E-state index < -0.39 is 0 Å². The predicted octanol–water partition coefficient (Wildman–Crippen LogP) is 3.06. The van der Waals surface area contributed by atoms with Gasteiger partial charge in [-0.05, 0) is 38.4 Å². The maximum atomic E-state index is 4.49. The van der Waals surface area contributed by atoms with Crippen molar-refractivity contribution in [1.29, 1.82) is 0 Å². The summed E-state index contributed by atoms with van der Waals surface area (Å²) in [6.07, 6.45) is 5.59. The molecule has 3 nitrogen and oxygen atoms in total. The highest BCUT2D eigenvalue weighted by molar-refractivity contribution is 5.46. The molecule has 1 atom stereocenters. The lowest BCUT2D eigenvalue weighted by atomic mass is 10.1. The molecular formula is C14H23N3.